The third kappa shape index (κ3) is 3.97. The quantitative estimate of drug-likeness (QED) is 0.848. The maximum Gasteiger partial charge on any atom is 0.120 e. The monoisotopic (exact) mass is 271 g/mol. The normalized spacial score (nSPS) is 13.1. The highest BCUT2D eigenvalue weighted by Crippen LogP contribution is 2.22. The first-order valence-corrected chi connectivity index (χ1v) is 7.45. The van der Waals surface area contributed by atoms with E-state index in [0.29, 0.717) is 12.0 Å². The van der Waals surface area contributed by atoms with Gasteiger partial charge >= 0.3 is 0 Å². The molecule has 0 aliphatic heterocycles. The van der Waals surface area contributed by atoms with Crippen LogP contribution < -0.4 is 10.1 Å². The van der Waals surface area contributed by atoms with Crippen LogP contribution in [0.15, 0.2) is 42.5 Å². The molecule has 0 spiro atoms. The van der Waals surface area contributed by atoms with Crippen LogP contribution >= 0.6 is 0 Å². The molecule has 1 atom stereocenters. The summed E-state index contributed by atoms with van der Waals surface area (Å²) < 4.78 is 6.17. The van der Waals surface area contributed by atoms with E-state index in [-0.39, 0.29) is 6.10 Å². The Morgan fingerprint density at radius 2 is 1.65 bits per heavy atom. The molecule has 0 fully saturated rings. The van der Waals surface area contributed by atoms with Gasteiger partial charge in [0, 0.05) is 12.6 Å². The Kier molecular flexibility index (Phi) is 5.02. The lowest BCUT2D eigenvalue weighted by atomic mass is 10.1. The lowest BCUT2D eigenvalue weighted by Gasteiger charge is -2.24. The molecule has 2 rings (SSSR count). The molecular weight excluding hydrogens is 246 g/mol. The topological polar surface area (TPSA) is 21.3 Å². The molecule has 0 radical (unpaired) electrons. The number of ether oxygens (including phenoxy) is 1. The summed E-state index contributed by atoms with van der Waals surface area (Å²) in [5.74, 6) is 1.43. The fourth-order valence-electron chi connectivity index (χ4n) is 2.18. The van der Waals surface area contributed by atoms with Crippen molar-refractivity contribution in [3.05, 3.63) is 42.5 Å². The molecule has 0 aliphatic rings. The van der Waals surface area contributed by atoms with Crippen molar-refractivity contribution >= 4 is 10.8 Å². The summed E-state index contributed by atoms with van der Waals surface area (Å²) in [5.41, 5.74) is 0. The Bertz CT molecular complexity index is 548. The van der Waals surface area contributed by atoms with Crippen LogP contribution in [0.5, 0.6) is 5.75 Å². The zero-order valence-corrected chi connectivity index (χ0v) is 12.9. The standard InChI is InChI=1S/C18H25NO/c1-13(2)18(12-19-14(3)4)20-17-10-9-15-7-5-6-8-16(15)11-17/h5-11,13-14,18-19H,12H2,1-4H3. The van der Waals surface area contributed by atoms with Crippen molar-refractivity contribution in [2.75, 3.05) is 6.54 Å². The van der Waals surface area contributed by atoms with Gasteiger partial charge in [-0.05, 0) is 28.8 Å². The van der Waals surface area contributed by atoms with Crippen LogP contribution in [-0.4, -0.2) is 18.7 Å². The molecule has 0 aliphatic carbocycles. The highest BCUT2D eigenvalue weighted by Gasteiger charge is 2.15. The van der Waals surface area contributed by atoms with Crippen LogP contribution in [0, 0.1) is 5.92 Å². The molecule has 2 heteroatoms. The molecule has 2 aromatic rings. The van der Waals surface area contributed by atoms with Gasteiger partial charge in [-0.3, -0.25) is 0 Å². The summed E-state index contributed by atoms with van der Waals surface area (Å²) in [6.45, 7) is 9.60. The predicted molar refractivity (Wildman–Crippen MR) is 86.3 cm³/mol. The van der Waals surface area contributed by atoms with Crippen molar-refractivity contribution in [2.24, 2.45) is 5.92 Å². The Morgan fingerprint density at radius 1 is 0.950 bits per heavy atom. The van der Waals surface area contributed by atoms with Crippen LogP contribution in [0.2, 0.25) is 0 Å². The van der Waals surface area contributed by atoms with Crippen LogP contribution in [0.1, 0.15) is 27.7 Å². The van der Waals surface area contributed by atoms with E-state index < -0.39 is 0 Å². The number of fused-ring (bicyclic) bond motifs is 1. The predicted octanol–water partition coefficient (Wildman–Crippen LogP) is 4.24. The van der Waals surface area contributed by atoms with Crippen LogP contribution in [0.4, 0.5) is 0 Å². The van der Waals surface area contributed by atoms with E-state index in [9.17, 15) is 0 Å². The minimum absolute atomic E-state index is 0.193. The van der Waals surface area contributed by atoms with Gasteiger partial charge in [-0.2, -0.15) is 0 Å². The van der Waals surface area contributed by atoms with Crippen molar-refractivity contribution in [1.82, 2.24) is 5.32 Å². The summed E-state index contributed by atoms with van der Waals surface area (Å²) in [5, 5.41) is 5.94. The molecule has 2 aromatic carbocycles. The van der Waals surface area contributed by atoms with Gasteiger partial charge in [-0.15, -0.1) is 0 Å². The van der Waals surface area contributed by atoms with E-state index in [1.54, 1.807) is 0 Å². The van der Waals surface area contributed by atoms with Crippen molar-refractivity contribution in [3.8, 4) is 5.75 Å². The van der Waals surface area contributed by atoms with Crippen molar-refractivity contribution in [3.63, 3.8) is 0 Å². The average molecular weight is 271 g/mol. The third-order valence-electron chi connectivity index (χ3n) is 3.48. The van der Waals surface area contributed by atoms with E-state index in [1.165, 1.54) is 10.8 Å². The second kappa shape index (κ2) is 6.76. The molecule has 0 bridgehead atoms. The van der Waals surface area contributed by atoms with Gasteiger partial charge in [0.2, 0.25) is 0 Å². The van der Waals surface area contributed by atoms with E-state index >= 15 is 0 Å². The number of nitrogens with one attached hydrogen (secondary N) is 1. The summed E-state index contributed by atoms with van der Waals surface area (Å²) in [4.78, 5) is 0. The molecule has 0 amide bonds. The van der Waals surface area contributed by atoms with E-state index in [4.69, 9.17) is 4.74 Å². The zero-order chi connectivity index (χ0) is 14.5. The Morgan fingerprint density at radius 3 is 2.30 bits per heavy atom. The second-order valence-electron chi connectivity index (χ2n) is 5.97. The number of hydrogen-bond acceptors (Lipinski definition) is 2. The average Bonchev–Trinajstić information content (AvgIpc) is 2.42. The molecule has 0 aromatic heterocycles. The van der Waals surface area contributed by atoms with Gasteiger partial charge in [-0.1, -0.05) is 58.0 Å². The summed E-state index contributed by atoms with van der Waals surface area (Å²) >= 11 is 0. The minimum Gasteiger partial charge on any atom is -0.489 e. The van der Waals surface area contributed by atoms with Crippen molar-refractivity contribution in [2.45, 2.75) is 39.8 Å². The van der Waals surface area contributed by atoms with E-state index in [2.05, 4.69) is 75.5 Å². The zero-order valence-electron chi connectivity index (χ0n) is 12.9. The van der Waals surface area contributed by atoms with Crippen LogP contribution in [-0.2, 0) is 0 Å². The summed E-state index contributed by atoms with van der Waals surface area (Å²) in [6.07, 6.45) is 0.193. The maximum atomic E-state index is 6.17. The van der Waals surface area contributed by atoms with Crippen LogP contribution in [0.3, 0.4) is 0 Å². The van der Waals surface area contributed by atoms with Gasteiger partial charge < -0.3 is 10.1 Å². The van der Waals surface area contributed by atoms with Crippen molar-refractivity contribution in [1.29, 1.82) is 0 Å². The lowest BCUT2D eigenvalue weighted by Crippen LogP contribution is -2.38. The summed E-state index contributed by atoms with van der Waals surface area (Å²) in [6, 6.07) is 15.2. The largest absolute Gasteiger partial charge is 0.489 e. The second-order valence-corrected chi connectivity index (χ2v) is 5.97. The minimum atomic E-state index is 0.193. The smallest absolute Gasteiger partial charge is 0.120 e. The number of benzene rings is 2. The Labute approximate surface area is 122 Å². The molecule has 0 saturated heterocycles. The van der Waals surface area contributed by atoms with Gasteiger partial charge in [0.05, 0.1) is 0 Å². The molecule has 1 unspecified atom stereocenters. The first-order chi connectivity index (χ1) is 9.56. The molecule has 108 valence electrons. The molecule has 0 saturated carbocycles. The van der Waals surface area contributed by atoms with Crippen molar-refractivity contribution < 1.29 is 4.74 Å². The van der Waals surface area contributed by atoms with Crippen LogP contribution in [0.25, 0.3) is 10.8 Å². The Balaban J connectivity index is 2.11. The first kappa shape index (κ1) is 14.9. The fraction of sp³-hybridized carbons (Fsp3) is 0.444. The lowest BCUT2D eigenvalue weighted by molar-refractivity contribution is 0.146. The molecular formula is C18H25NO. The first-order valence-electron chi connectivity index (χ1n) is 7.45. The molecule has 1 N–H and O–H groups in total. The number of rotatable bonds is 6. The third-order valence-corrected chi connectivity index (χ3v) is 3.48. The van der Waals surface area contributed by atoms with E-state index in [0.717, 1.165) is 12.3 Å². The highest BCUT2D eigenvalue weighted by atomic mass is 16.5. The van der Waals surface area contributed by atoms with E-state index in [1.807, 2.05) is 0 Å². The van der Waals surface area contributed by atoms with Gasteiger partial charge in [-0.25, -0.2) is 0 Å². The molecule has 0 heterocycles. The highest BCUT2D eigenvalue weighted by molar-refractivity contribution is 5.83. The number of hydrogen-bond donors (Lipinski definition) is 1. The van der Waals surface area contributed by atoms with Gasteiger partial charge in [0.15, 0.2) is 0 Å². The molecule has 2 nitrogen and oxygen atoms in total. The molecule has 20 heavy (non-hydrogen) atoms. The summed E-state index contributed by atoms with van der Waals surface area (Å²) in [7, 11) is 0. The Hall–Kier alpha value is -1.54. The SMILES string of the molecule is CC(C)NCC(Oc1ccc2ccccc2c1)C(C)C. The maximum absolute atomic E-state index is 6.17. The fourth-order valence-corrected chi connectivity index (χ4v) is 2.18. The van der Waals surface area contributed by atoms with Gasteiger partial charge in [0.1, 0.15) is 11.9 Å². The van der Waals surface area contributed by atoms with Gasteiger partial charge in [0.25, 0.3) is 0 Å².